The molecule has 2 aromatic rings. The predicted molar refractivity (Wildman–Crippen MR) is 76.6 cm³/mol. The van der Waals surface area contributed by atoms with Crippen LogP contribution in [0.15, 0.2) is 24.3 Å². The number of ether oxygens (including phenoxy) is 1. The Labute approximate surface area is 111 Å². The summed E-state index contributed by atoms with van der Waals surface area (Å²) in [6.45, 7) is 3.23. The monoisotopic (exact) mass is 262 g/mol. The summed E-state index contributed by atoms with van der Waals surface area (Å²) in [7, 11) is 3.94. The lowest BCUT2D eigenvalue weighted by Crippen LogP contribution is -2.43. The molecule has 1 aliphatic rings. The lowest BCUT2D eigenvalue weighted by Gasteiger charge is -2.32. The van der Waals surface area contributed by atoms with Crippen molar-refractivity contribution in [3.05, 3.63) is 29.1 Å². The molecule has 0 spiro atoms. The second kappa shape index (κ2) is 4.88. The van der Waals surface area contributed by atoms with Crippen molar-refractivity contribution in [2.24, 2.45) is 0 Å². The highest BCUT2D eigenvalue weighted by molar-refractivity contribution is 7.19. The Morgan fingerprint density at radius 2 is 2.33 bits per heavy atom. The van der Waals surface area contributed by atoms with E-state index in [1.807, 2.05) is 17.4 Å². The summed E-state index contributed by atoms with van der Waals surface area (Å²) in [5.74, 6) is 0.982. The maximum atomic E-state index is 5.44. The Balaban J connectivity index is 2.02. The van der Waals surface area contributed by atoms with Crippen LogP contribution < -0.4 is 10.1 Å². The van der Waals surface area contributed by atoms with Crippen molar-refractivity contribution < 1.29 is 4.74 Å². The molecule has 1 aromatic carbocycles. The van der Waals surface area contributed by atoms with E-state index in [-0.39, 0.29) is 0 Å². The molecule has 1 saturated heterocycles. The van der Waals surface area contributed by atoms with Gasteiger partial charge in [-0.05, 0) is 24.6 Å². The Kier molecular flexibility index (Phi) is 3.24. The summed E-state index contributed by atoms with van der Waals surface area (Å²) in [6.07, 6.45) is 0. The van der Waals surface area contributed by atoms with Gasteiger partial charge in [0, 0.05) is 24.5 Å². The minimum atomic E-state index is 0.487. The molecular weight excluding hydrogens is 244 g/mol. The molecule has 0 aliphatic carbocycles. The molecule has 0 amide bonds. The molecule has 1 unspecified atom stereocenters. The summed E-state index contributed by atoms with van der Waals surface area (Å²) >= 11 is 1.85. The van der Waals surface area contributed by atoms with Crippen LogP contribution in [0.2, 0.25) is 0 Å². The molecule has 18 heavy (non-hydrogen) atoms. The van der Waals surface area contributed by atoms with Crippen molar-refractivity contribution in [2.75, 3.05) is 33.8 Å². The molecule has 3 rings (SSSR count). The molecule has 1 N–H and O–H groups in total. The molecule has 1 aromatic heterocycles. The van der Waals surface area contributed by atoms with Gasteiger partial charge >= 0.3 is 0 Å². The van der Waals surface area contributed by atoms with E-state index in [4.69, 9.17) is 4.74 Å². The highest BCUT2D eigenvalue weighted by Gasteiger charge is 2.22. The predicted octanol–water partition coefficient (Wildman–Crippen LogP) is 2.49. The third-order valence-corrected chi connectivity index (χ3v) is 4.85. The van der Waals surface area contributed by atoms with Crippen molar-refractivity contribution in [3.63, 3.8) is 0 Å². The van der Waals surface area contributed by atoms with Crippen LogP contribution in [0.5, 0.6) is 5.75 Å². The molecular formula is C14H18N2OS. The first kappa shape index (κ1) is 12.0. The Bertz CT molecular complexity index is 552. The minimum Gasteiger partial charge on any atom is -0.495 e. The molecule has 3 nitrogen and oxygen atoms in total. The van der Waals surface area contributed by atoms with E-state index in [1.165, 1.54) is 15.0 Å². The zero-order valence-corrected chi connectivity index (χ0v) is 11.6. The third-order valence-electron chi connectivity index (χ3n) is 3.59. The van der Waals surface area contributed by atoms with Crippen LogP contribution in [0.4, 0.5) is 0 Å². The Morgan fingerprint density at radius 1 is 1.44 bits per heavy atom. The first-order valence-corrected chi connectivity index (χ1v) is 7.08. The average molecular weight is 262 g/mol. The Morgan fingerprint density at radius 3 is 3.11 bits per heavy atom. The number of thiophene rings is 1. The fourth-order valence-corrected chi connectivity index (χ4v) is 3.82. The van der Waals surface area contributed by atoms with Crippen molar-refractivity contribution in [1.82, 2.24) is 10.2 Å². The number of nitrogens with one attached hydrogen (secondary N) is 1. The third kappa shape index (κ3) is 2.00. The van der Waals surface area contributed by atoms with E-state index >= 15 is 0 Å². The van der Waals surface area contributed by atoms with Gasteiger partial charge in [-0.2, -0.15) is 0 Å². The van der Waals surface area contributed by atoms with E-state index in [0.29, 0.717) is 6.04 Å². The van der Waals surface area contributed by atoms with Gasteiger partial charge in [-0.25, -0.2) is 0 Å². The molecule has 2 heterocycles. The summed E-state index contributed by atoms with van der Waals surface area (Å²) in [5.41, 5.74) is 0. The summed E-state index contributed by atoms with van der Waals surface area (Å²) in [6, 6.07) is 9.04. The van der Waals surface area contributed by atoms with E-state index in [1.54, 1.807) is 7.11 Å². The van der Waals surface area contributed by atoms with Crippen molar-refractivity contribution in [1.29, 1.82) is 0 Å². The number of benzene rings is 1. The van der Waals surface area contributed by atoms with Crippen LogP contribution in [0, 0.1) is 0 Å². The molecule has 1 atom stereocenters. The molecule has 1 fully saturated rings. The van der Waals surface area contributed by atoms with Crippen molar-refractivity contribution in [3.8, 4) is 5.75 Å². The number of nitrogens with zero attached hydrogens (tertiary/aromatic N) is 1. The fourth-order valence-electron chi connectivity index (χ4n) is 2.50. The smallest absolute Gasteiger partial charge is 0.136 e. The zero-order chi connectivity index (χ0) is 12.5. The van der Waals surface area contributed by atoms with Crippen LogP contribution in [0.1, 0.15) is 10.9 Å². The van der Waals surface area contributed by atoms with Crippen molar-refractivity contribution in [2.45, 2.75) is 6.04 Å². The van der Waals surface area contributed by atoms with Gasteiger partial charge in [0.2, 0.25) is 0 Å². The molecule has 96 valence electrons. The van der Waals surface area contributed by atoms with E-state index in [2.05, 4.69) is 35.5 Å². The molecule has 0 saturated carbocycles. The minimum absolute atomic E-state index is 0.487. The van der Waals surface area contributed by atoms with Crippen LogP contribution in [-0.4, -0.2) is 38.7 Å². The normalized spacial score (nSPS) is 21.3. The van der Waals surface area contributed by atoms with Crippen LogP contribution in [0.3, 0.4) is 0 Å². The quantitative estimate of drug-likeness (QED) is 0.900. The van der Waals surface area contributed by atoms with E-state index < -0.39 is 0 Å². The number of hydrogen-bond acceptors (Lipinski definition) is 4. The van der Waals surface area contributed by atoms with Crippen LogP contribution in [0.25, 0.3) is 10.1 Å². The van der Waals surface area contributed by atoms with E-state index in [9.17, 15) is 0 Å². The van der Waals surface area contributed by atoms with E-state index in [0.717, 1.165) is 25.4 Å². The van der Waals surface area contributed by atoms with Gasteiger partial charge in [0.15, 0.2) is 0 Å². The zero-order valence-electron chi connectivity index (χ0n) is 10.8. The maximum absolute atomic E-state index is 5.44. The summed E-state index contributed by atoms with van der Waals surface area (Å²) in [4.78, 5) is 3.84. The summed E-state index contributed by atoms with van der Waals surface area (Å²) in [5, 5.41) is 4.76. The topological polar surface area (TPSA) is 24.5 Å². The van der Waals surface area contributed by atoms with Gasteiger partial charge in [0.05, 0.1) is 17.9 Å². The highest BCUT2D eigenvalue weighted by atomic mass is 32.1. The summed E-state index contributed by atoms with van der Waals surface area (Å²) < 4.78 is 6.69. The highest BCUT2D eigenvalue weighted by Crippen LogP contribution is 2.37. The Hall–Kier alpha value is -1.10. The molecule has 4 heteroatoms. The second-order valence-electron chi connectivity index (χ2n) is 4.73. The standard InChI is InChI=1S/C14H18N2OS/c1-16-7-6-15-9-11(16)13-8-10-4-3-5-12(17-2)14(10)18-13/h3-5,8,11,15H,6-7,9H2,1-2H3. The number of rotatable bonds is 2. The number of methoxy groups -OCH3 is 1. The van der Waals surface area contributed by atoms with Gasteiger partial charge in [-0.1, -0.05) is 12.1 Å². The molecule has 0 radical (unpaired) electrons. The average Bonchev–Trinajstić information content (AvgIpc) is 2.82. The van der Waals surface area contributed by atoms with Gasteiger partial charge in [-0.15, -0.1) is 11.3 Å². The van der Waals surface area contributed by atoms with Gasteiger partial charge in [-0.3, -0.25) is 4.90 Å². The second-order valence-corrected chi connectivity index (χ2v) is 5.81. The van der Waals surface area contributed by atoms with Gasteiger partial charge in [0.1, 0.15) is 5.75 Å². The number of likely N-dealkylation sites (N-methyl/N-ethyl adjacent to an activating group) is 1. The SMILES string of the molecule is COc1cccc2cc(C3CNCCN3C)sc12. The first-order chi connectivity index (χ1) is 8.79. The number of piperazine rings is 1. The maximum Gasteiger partial charge on any atom is 0.136 e. The van der Waals surface area contributed by atoms with Crippen LogP contribution >= 0.6 is 11.3 Å². The van der Waals surface area contributed by atoms with Crippen LogP contribution in [-0.2, 0) is 0 Å². The lowest BCUT2D eigenvalue weighted by atomic mass is 10.1. The lowest BCUT2D eigenvalue weighted by molar-refractivity contribution is 0.205. The molecule has 1 aliphatic heterocycles. The largest absolute Gasteiger partial charge is 0.495 e. The molecule has 0 bridgehead atoms. The first-order valence-electron chi connectivity index (χ1n) is 6.27. The number of fused-ring (bicyclic) bond motifs is 1. The van der Waals surface area contributed by atoms with Crippen molar-refractivity contribution >= 4 is 21.4 Å². The fraction of sp³-hybridized carbons (Fsp3) is 0.429. The number of hydrogen-bond donors (Lipinski definition) is 1. The van der Waals surface area contributed by atoms with Gasteiger partial charge in [0.25, 0.3) is 0 Å². The van der Waals surface area contributed by atoms with Gasteiger partial charge < -0.3 is 10.1 Å².